The summed E-state index contributed by atoms with van der Waals surface area (Å²) in [7, 11) is 0. The van der Waals surface area contributed by atoms with Crippen molar-refractivity contribution in [2.75, 3.05) is 29.9 Å². The number of piperidine rings is 1. The first-order valence-corrected chi connectivity index (χ1v) is 9.26. The Morgan fingerprint density at radius 1 is 1.20 bits per heavy atom. The maximum atomic E-state index is 9.09. The summed E-state index contributed by atoms with van der Waals surface area (Å²) in [4.78, 5) is 11.8. The maximum Gasteiger partial charge on any atom is 0.224 e. The van der Waals surface area contributed by atoms with Gasteiger partial charge in [0.15, 0.2) is 0 Å². The van der Waals surface area contributed by atoms with Crippen LogP contribution in [0.3, 0.4) is 0 Å². The van der Waals surface area contributed by atoms with Gasteiger partial charge in [-0.3, -0.25) is 0 Å². The zero-order chi connectivity index (χ0) is 17.4. The Hall–Kier alpha value is -2.14. The number of fused-ring (bicyclic) bond motifs is 2. The maximum absolute atomic E-state index is 9.09. The van der Waals surface area contributed by atoms with Crippen LogP contribution in [0, 0.1) is 0 Å². The molecule has 1 fully saturated rings. The van der Waals surface area contributed by atoms with Crippen LogP contribution < -0.4 is 10.2 Å². The lowest BCUT2D eigenvalue weighted by Gasteiger charge is -2.47. The van der Waals surface area contributed by atoms with Gasteiger partial charge in [0, 0.05) is 25.1 Å². The van der Waals surface area contributed by atoms with Crippen molar-refractivity contribution in [1.29, 1.82) is 0 Å². The smallest absolute Gasteiger partial charge is 0.224 e. The first kappa shape index (κ1) is 16.3. The Kier molecular flexibility index (Phi) is 4.34. The highest BCUT2D eigenvalue weighted by atomic mass is 16.3. The molecule has 25 heavy (non-hydrogen) atoms. The minimum absolute atomic E-state index is 0.0758. The van der Waals surface area contributed by atoms with Gasteiger partial charge in [0.1, 0.15) is 5.82 Å². The molecule has 5 heteroatoms. The van der Waals surface area contributed by atoms with Crippen molar-refractivity contribution < 1.29 is 5.11 Å². The van der Waals surface area contributed by atoms with Crippen molar-refractivity contribution in [2.24, 2.45) is 0 Å². The first-order valence-electron chi connectivity index (χ1n) is 9.26. The highest BCUT2D eigenvalue weighted by molar-refractivity contribution is 5.53. The third kappa shape index (κ3) is 2.97. The fraction of sp³-hybridized carbons (Fsp3) is 0.500. The highest BCUT2D eigenvalue weighted by Gasteiger charge is 2.38. The molecule has 1 aliphatic carbocycles. The van der Waals surface area contributed by atoms with E-state index in [2.05, 4.69) is 59.4 Å². The minimum Gasteiger partial charge on any atom is -0.395 e. The fourth-order valence-corrected chi connectivity index (χ4v) is 4.13. The van der Waals surface area contributed by atoms with E-state index in [4.69, 9.17) is 10.1 Å². The molecule has 0 saturated carbocycles. The second-order valence-electron chi connectivity index (χ2n) is 7.35. The minimum atomic E-state index is 0.0758. The Morgan fingerprint density at radius 2 is 2.00 bits per heavy atom. The molecule has 0 spiro atoms. The first-order chi connectivity index (χ1) is 12.2. The monoisotopic (exact) mass is 338 g/mol. The van der Waals surface area contributed by atoms with E-state index in [-0.39, 0.29) is 6.61 Å². The van der Waals surface area contributed by atoms with Crippen molar-refractivity contribution in [3.8, 4) is 0 Å². The van der Waals surface area contributed by atoms with E-state index in [1.54, 1.807) is 0 Å². The number of aromatic nitrogens is 2. The molecule has 0 amide bonds. The van der Waals surface area contributed by atoms with Crippen LogP contribution in [0.2, 0.25) is 0 Å². The van der Waals surface area contributed by atoms with Gasteiger partial charge in [0.25, 0.3) is 0 Å². The summed E-state index contributed by atoms with van der Waals surface area (Å²) in [5, 5.41) is 12.2. The van der Waals surface area contributed by atoms with Crippen molar-refractivity contribution in [3.05, 3.63) is 47.2 Å². The number of anilines is 2. The van der Waals surface area contributed by atoms with E-state index in [1.165, 1.54) is 24.0 Å². The van der Waals surface area contributed by atoms with Crippen molar-refractivity contribution in [1.82, 2.24) is 9.97 Å². The lowest BCUT2D eigenvalue weighted by Crippen LogP contribution is -2.43. The van der Waals surface area contributed by atoms with Gasteiger partial charge < -0.3 is 15.3 Å². The zero-order valence-electron chi connectivity index (χ0n) is 14.9. The fourth-order valence-electron chi connectivity index (χ4n) is 4.13. The Bertz CT molecular complexity index is 761. The molecule has 1 aromatic heterocycles. The van der Waals surface area contributed by atoms with Gasteiger partial charge >= 0.3 is 0 Å². The van der Waals surface area contributed by atoms with Gasteiger partial charge in [-0.1, -0.05) is 38.1 Å². The molecule has 1 saturated heterocycles. The predicted molar refractivity (Wildman–Crippen MR) is 100 cm³/mol. The molecule has 0 unspecified atom stereocenters. The lowest BCUT2D eigenvalue weighted by atomic mass is 9.75. The molecule has 3 aliphatic rings. The normalized spacial score (nSPS) is 21.5. The summed E-state index contributed by atoms with van der Waals surface area (Å²) in [6.07, 6.45) is 2.44. The van der Waals surface area contributed by atoms with Crippen LogP contribution >= 0.6 is 0 Å². The van der Waals surface area contributed by atoms with Crippen LogP contribution in [0.5, 0.6) is 0 Å². The summed E-state index contributed by atoms with van der Waals surface area (Å²) >= 11 is 0. The zero-order valence-corrected chi connectivity index (χ0v) is 14.9. The summed E-state index contributed by atoms with van der Waals surface area (Å²) in [5.41, 5.74) is 4.02. The quantitative estimate of drug-likeness (QED) is 0.874. The summed E-state index contributed by atoms with van der Waals surface area (Å²) in [5.74, 6) is 2.55. The molecule has 1 aromatic carbocycles. The van der Waals surface area contributed by atoms with Crippen LogP contribution in [0.25, 0.3) is 0 Å². The Balaban J connectivity index is 1.71. The van der Waals surface area contributed by atoms with Crippen molar-refractivity contribution in [2.45, 2.75) is 44.6 Å². The number of hydrogen-bond acceptors (Lipinski definition) is 5. The molecule has 5 nitrogen and oxygen atoms in total. The largest absolute Gasteiger partial charge is 0.395 e. The summed E-state index contributed by atoms with van der Waals surface area (Å²) < 4.78 is 0. The van der Waals surface area contributed by atoms with Crippen LogP contribution in [0.1, 0.15) is 61.4 Å². The number of aliphatic hydroxyl groups is 1. The van der Waals surface area contributed by atoms with Crippen LogP contribution in [0.4, 0.5) is 11.8 Å². The van der Waals surface area contributed by atoms with Gasteiger partial charge in [-0.05, 0) is 29.9 Å². The molecule has 2 atom stereocenters. The molecular weight excluding hydrogens is 312 g/mol. The second-order valence-corrected chi connectivity index (χ2v) is 7.35. The summed E-state index contributed by atoms with van der Waals surface area (Å²) in [6.45, 7) is 5.87. The van der Waals surface area contributed by atoms with Crippen LogP contribution in [-0.2, 0) is 0 Å². The standard InChI is InChI=1S/C20H26N4O/c1-13(2)17-11-19(23-20(22-17)21-9-10-25)24-12-14-7-8-18(24)16-6-4-3-5-15(14)16/h3-6,11,13-14,18,25H,7-10,12H2,1-2H3,(H,21,22,23)/t14-,18+/m1/s1. The van der Waals surface area contributed by atoms with Crippen LogP contribution in [0.15, 0.2) is 30.3 Å². The highest BCUT2D eigenvalue weighted by Crippen LogP contribution is 2.48. The number of rotatable bonds is 5. The molecule has 2 bridgehead atoms. The van der Waals surface area contributed by atoms with E-state index >= 15 is 0 Å². The van der Waals surface area contributed by atoms with E-state index < -0.39 is 0 Å². The molecular formula is C20H26N4O. The number of nitrogens with one attached hydrogen (secondary N) is 1. The lowest BCUT2D eigenvalue weighted by molar-refractivity contribution is 0.310. The van der Waals surface area contributed by atoms with E-state index in [9.17, 15) is 0 Å². The topological polar surface area (TPSA) is 61.3 Å². The second kappa shape index (κ2) is 6.64. The van der Waals surface area contributed by atoms with Crippen molar-refractivity contribution in [3.63, 3.8) is 0 Å². The molecule has 2 N–H and O–H groups in total. The molecule has 0 radical (unpaired) electrons. The van der Waals surface area contributed by atoms with Crippen molar-refractivity contribution >= 4 is 11.8 Å². The van der Waals surface area contributed by atoms with E-state index in [0.29, 0.717) is 30.4 Å². The summed E-state index contributed by atoms with van der Waals surface area (Å²) in [6, 6.07) is 11.4. The number of aliphatic hydroxyl groups excluding tert-OH is 1. The third-order valence-corrected chi connectivity index (χ3v) is 5.39. The third-order valence-electron chi connectivity index (χ3n) is 5.39. The van der Waals surface area contributed by atoms with E-state index in [1.807, 2.05) is 0 Å². The molecule has 3 heterocycles. The van der Waals surface area contributed by atoms with Gasteiger partial charge in [0.05, 0.1) is 18.3 Å². The Labute approximate surface area is 149 Å². The van der Waals surface area contributed by atoms with Gasteiger partial charge in [-0.15, -0.1) is 0 Å². The Morgan fingerprint density at radius 3 is 2.76 bits per heavy atom. The average molecular weight is 338 g/mol. The number of hydrogen-bond donors (Lipinski definition) is 2. The average Bonchev–Trinajstić information content (AvgIpc) is 2.66. The van der Waals surface area contributed by atoms with Gasteiger partial charge in [-0.2, -0.15) is 4.98 Å². The predicted octanol–water partition coefficient (Wildman–Crippen LogP) is 3.44. The molecule has 2 aliphatic heterocycles. The molecule has 2 aromatic rings. The number of benzene rings is 1. The number of nitrogens with zero attached hydrogens (tertiary/aromatic N) is 3. The SMILES string of the molecule is CC(C)c1cc(N2C[C@H]3CC[C@H]2c2ccccc23)nc(NCCO)n1. The van der Waals surface area contributed by atoms with Gasteiger partial charge in [0.2, 0.25) is 5.95 Å². The molecule has 5 rings (SSSR count). The van der Waals surface area contributed by atoms with Gasteiger partial charge in [-0.25, -0.2) is 4.98 Å². The van der Waals surface area contributed by atoms with Crippen LogP contribution in [-0.4, -0.2) is 34.8 Å². The van der Waals surface area contributed by atoms with E-state index in [0.717, 1.165) is 18.1 Å². The molecule has 132 valence electrons.